The molecule has 0 aliphatic carbocycles. The third kappa shape index (κ3) is 2.99. The number of hydrogen-bond donors (Lipinski definition) is 1. The van der Waals surface area contributed by atoms with Gasteiger partial charge < -0.3 is 10.2 Å². The first kappa shape index (κ1) is 16.4. The Hall–Kier alpha value is -2.41. The summed E-state index contributed by atoms with van der Waals surface area (Å²) in [6.07, 6.45) is 1.15. The molecule has 0 aromatic heterocycles. The van der Waals surface area contributed by atoms with Gasteiger partial charge in [-0.3, -0.25) is 4.79 Å². The van der Waals surface area contributed by atoms with Crippen molar-refractivity contribution in [3.63, 3.8) is 0 Å². The van der Waals surface area contributed by atoms with E-state index in [-0.39, 0.29) is 29.5 Å². The van der Waals surface area contributed by atoms with E-state index >= 15 is 0 Å². The van der Waals surface area contributed by atoms with Crippen molar-refractivity contribution in [3.05, 3.63) is 53.3 Å². The minimum Gasteiger partial charge on any atom is -0.367 e. The van der Waals surface area contributed by atoms with Gasteiger partial charge in [0.1, 0.15) is 5.82 Å². The maximum Gasteiger partial charge on any atom is 0.187 e. The van der Waals surface area contributed by atoms with Crippen LogP contribution in [0.2, 0.25) is 0 Å². The molecule has 5 nitrogen and oxygen atoms in total. The number of sulfone groups is 1. The van der Waals surface area contributed by atoms with Crippen LogP contribution in [0.25, 0.3) is 0 Å². The highest BCUT2D eigenvalue weighted by Crippen LogP contribution is 2.27. The summed E-state index contributed by atoms with van der Waals surface area (Å²) in [4.78, 5) is 14.3. The minimum atomic E-state index is -3.37. The Morgan fingerprint density at radius 3 is 2.67 bits per heavy atom. The predicted octanol–water partition coefficient (Wildman–Crippen LogP) is 2.61. The van der Waals surface area contributed by atoms with Crippen molar-refractivity contribution in [2.75, 3.05) is 29.7 Å². The van der Waals surface area contributed by atoms with E-state index in [1.165, 1.54) is 12.1 Å². The Bertz CT molecular complexity index is 925. The lowest BCUT2D eigenvalue weighted by Gasteiger charge is -2.23. The second-order valence-electron chi connectivity index (χ2n) is 5.84. The zero-order chi connectivity index (χ0) is 17.5. The van der Waals surface area contributed by atoms with Gasteiger partial charge in [0.2, 0.25) is 0 Å². The fourth-order valence-electron chi connectivity index (χ4n) is 2.81. The van der Waals surface area contributed by atoms with E-state index in [1.807, 2.05) is 0 Å². The number of nitrogens with zero attached hydrogens (tertiary/aromatic N) is 1. The Kier molecular flexibility index (Phi) is 4.04. The van der Waals surface area contributed by atoms with Crippen LogP contribution in [0.5, 0.6) is 0 Å². The number of carbonyl (C=O) groups excluding carboxylic acids is 1. The molecule has 0 fully saturated rings. The molecule has 0 spiro atoms. The van der Waals surface area contributed by atoms with Crippen LogP contribution in [0.4, 0.5) is 15.8 Å². The lowest BCUT2D eigenvalue weighted by atomic mass is 10.1. The highest BCUT2D eigenvalue weighted by molar-refractivity contribution is 7.90. The molecule has 1 aliphatic heterocycles. The quantitative estimate of drug-likeness (QED) is 0.904. The zero-order valence-electron chi connectivity index (χ0n) is 13.3. The van der Waals surface area contributed by atoms with Gasteiger partial charge in [0.25, 0.3) is 0 Å². The summed E-state index contributed by atoms with van der Waals surface area (Å²) in [7, 11) is -3.37. The van der Waals surface area contributed by atoms with E-state index in [1.54, 1.807) is 36.1 Å². The first-order valence-corrected chi connectivity index (χ1v) is 9.28. The highest BCUT2D eigenvalue weighted by atomic mass is 32.2. The molecule has 24 heavy (non-hydrogen) atoms. The molecule has 0 atom stereocenters. The van der Waals surface area contributed by atoms with Crippen LogP contribution in [0.3, 0.4) is 0 Å². The largest absolute Gasteiger partial charge is 0.367 e. The number of nitrogens with one attached hydrogen (secondary N) is 1. The highest BCUT2D eigenvalue weighted by Gasteiger charge is 2.24. The molecule has 0 amide bonds. The number of anilines is 2. The van der Waals surface area contributed by atoms with E-state index < -0.39 is 15.7 Å². The van der Waals surface area contributed by atoms with Crippen molar-refractivity contribution >= 4 is 27.0 Å². The molecule has 0 saturated heterocycles. The molecular formula is C17H17FN2O3S. The van der Waals surface area contributed by atoms with E-state index in [0.717, 1.165) is 6.26 Å². The number of fused-ring (bicyclic) bond motifs is 1. The number of benzene rings is 2. The zero-order valence-corrected chi connectivity index (χ0v) is 14.2. The van der Waals surface area contributed by atoms with E-state index in [4.69, 9.17) is 0 Å². The molecule has 1 N–H and O–H groups in total. The molecule has 3 rings (SSSR count). The van der Waals surface area contributed by atoms with Gasteiger partial charge in [-0.15, -0.1) is 0 Å². The van der Waals surface area contributed by atoms with E-state index in [0.29, 0.717) is 16.9 Å². The van der Waals surface area contributed by atoms with E-state index in [9.17, 15) is 17.6 Å². The Morgan fingerprint density at radius 2 is 1.96 bits per heavy atom. The molecule has 0 radical (unpaired) electrons. The first-order valence-electron chi connectivity index (χ1n) is 7.38. The molecule has 1 aliphatic rings. The SMILES string of the molecule is Cc1ccc(N2CNc3cccc(F)c3C(=O)C2)cc1S(C)(=O)=O. The number of carbonyl (C=O) groups is 1. The Labute approximate surface area is 140 Å². The molecule has 2 aromatic rings. The van der Waals surface area contributed by atoms with Crippen molar-refractivity contribution < 1.29 is 17.6 Å². The standard InChI is InChI=1S/C17H17FN2O3S/c1-11-6-7-12(8-16(11)24(2,22)23)20-9-15(21)17-13(18)4-3-5-14(17)19-10-20/h3-8,19H,9-10H2,1-2H3. The first-order chi connectivity index (χ1) is 11.3. The lowest BCUT2D eigenvalue weighted by molar-refractivity contribution is 0.0998. The van der Waals surface area contributed by atoms with Crippen LogP contribution < -0.4 is 10.2 Å². The van der Waals surface area contributed by atoms with Gasteiger partial charge >= 0.3 is 0 Å². The summed E-state index contributed by atoms with van der Waals surface area (Å²) >= 11 is 0. The smallest absolute Gasteiger partial charge is 0.187 e. The van der Waals surface area contributed by atoms with Crippen LogP contribution in [0.15, 0.2) is 41.3 Å². The van der Waals surface area contributed by atoms with Crippen molar-refractivity contribution in [3.8, 4) is 0 Å². The maximum atomic E-state index is 13.9. The molecule has 1 heterocycles. The third-order valence-electron chi connectivity index (χ3n) is 4.02. The third-order valence-corrected chi connectivity index (χ3v) is 5.26. The second-order valence-corrected chi connectivity index (χ2v) is 7.82. The van der Waals surface area contributed by atoms with E-state index in [2.05, 4.69) is 5.32 Å². The van der Waals surface area contributed by atoms with Crippen molar-refractivity contribution in [1.82, 2.24) is 0 Å². The van der Waals surface area contributed by atoms with Gasteiger partial charge in [0.05, 0.1) is 23.7 Å². The summed E-state index contributed by atoms with van der Waals surface area (Å²) in [5.41, 5.74) is 1.72. The summed E-state index contributed by atoms with van der Waals surface area (Å²) in [6, 6.07) is 9.45. The minimum absolute atomic E-state index is 0.0345. The van der Waals surface area contributed by atoms with Crippen LogP contribution in [0.1, 0.15) is 15.9 Å². The Morgan fingerprint density at radius 1 is 1.21 bits per heavy atom. The summed E-state index contributed by atoms with van der Waals surface area (Å²) in [6.45, 7) is 1.96. The maximum absolute atomic E-state index is 13.9. The number of Topliss-reactive ketones (excluding diaryl/α,β-unsaturated/α-hetero) is 1. The molecule has 0 saturated carbocycles. The second kappa shape index (κ2) is 5.90. The molecular weight excluding hydrogens is 331 g/mol. The summed E-state index contributed by atoms with van der Waals surface area (Å²) < 4.78 is 37.7. The monoisotopic (exact) mass is 348 g/mol. The van der Waals surface area contributed by atoms with Crippen LogP contribution in [-0.4, -0.2) is 33.7 Å². The molecule has 0 bridgehead atoms. The fraction of sp³-hybridized carbons (Fsp3) is 0.235. The van der Waals surface area contributed by atoms with Crippen LogP contribution >= 0.6 is 0 Å². The molecule has 0 unspecified atom stereocenters. The van der Waals surface area contributed by atoms with Gasteiger partial charge in [-0.05, 0) is 36.8 Å². The van der Waals surface area contributed by atoms with Crippen molar-refractivity contribution in [2.24, 2.45) is 0 Å². The Balaban J connectivity index is 1.99. The number of ketones is 1. The topological polar surface area (TPSA) is 66.5 Å². The average Bonchev–Trinajstić information content (AvgIpc) is 2.67. The number of aryl methyl sites for hydroxylation is 1. The molecule has 2 aromatic carbocycles. The fourth-order valence-corrected chi connectivity index (χ4v) is 3.80. The molecule has 7 heteroatoms. The number of halogens is 1. The van der Waals surface area contributed by atoms with Gasteiger partial charge in [-0.25, -0.2) is 12.8 Å². The van der Waals surface area contributed by atoms with Gasteiger partial charge in [0, 0.05) is 17.6 Å². The predicted molar refractivity (Wildman–Crippen MR) is 90.9 cm³/mol. The van der Waals surface area contributed by atoms with Gasteiger partial charge in [-0.2, -0.15) is 0 Å². The van der Waals surface area contributed by atoms with Crippen molar-refractivity contribution in [2.45, 2.75) is 11.8 Å². The summed E-state index contributed by atoms with van der Waals surface area (Å²) in [5.74, 6) is -0.915. The van der Waals surface area contributed by atoms with Crippen molar-refractivity contribution in [1.29, 1.82) is 0 Å². The van der Waals surface area contributed by atoms with Gasteiger partial charge in [-0.1, -0.05) is 12.1 Å². The number of rotatable bonds is 2. The summed E-state index contributed by atoms with van der Waals surface area (Å²) in [5, 5.41) is 3.03. The number of hydrogen-bond acceptors (Lipinski definition) is 5. The average molecular weight is 348 g/mol. The van der Waals surface area contributed by atoms with Gasteiger partial charge in [0.15, 0.2) is 15.6 Å². The lowest BCUT2D eigenvalue weighted by Crippen LogP contribution is -2.31. The normalized spacial score (nSPS) is 14.8. The van der Waals surface area contributed by atoms with Crippen LogP contribution in [0, 0.1) is 12.7 Å². The molecule has 126 valence electrons. The van der Waals surface area contributed by atoms with Crippen LogP contribution in [-0.2, 0) is 9.84 Å².